The minimum absolute atomic E-state index is 0.0275. The van der Waals surface area contributed by atoms with Crippen molar-refractivity contribution in [1.82, 2.24) is 4.57 Å². The van der Waals surface area contributed by atoms with Crippen LogP contribution in [0.3, 0.4) is 0 Å². The molecule has 1 heterocycles. The maximum atomic E-state index is 12.2. The van der Waals surface area contributed by atoms with E-state index in [9.17, 15) is 9.90 Å². The van der Waals surface area contributed by atoms with Gasteiger partial charge in [-0.15, -0.1) is 0 Å². The molecule has 0 radical (unpaired) electrons. The number of hydrogen-bond donors (Lipinski definition) is 2. The van der Waals surface area contributed by atoms with E-state index >= 15 is 0 Å². The zero-order chi connectivity index (χ0) is 12.3. The van der Waals surface area contributed by atoms with Crippen LogP contribution < -0.4 is 10.9 Å². The molecule has 1 aromatic rings. The van der Waals surface area contributed by atoms with E-state index in [-0.39, 0.29) is 11.6 Å². The molecule has 1 aliphatic rings. The molecular formula is C13H20N2O2. The minimum Gasteiger partial charge on any atom is -0.391 e. The zero-order valence-corrected chi connectivity index (χ0v) is 10.2. The van der Waals surface area contributed by atoms with E-state index in [0.717, 1.165) is 32.2 Å². The molecule has 0 spiro atoms. The molecule has 94 valence electrons. The third-order valence-corrected chi connectivity index (χ3v) is 3.39. The number of nitrogens with one attached hydrogen (secondary N) is 1. The second-order valence-electron chi connectivity index (χ2n) is 4.58. The van der Waals surface area contributed by atoms with Crippen LogP contribution in [0, 0.1) is 0 Å². The molecule has 1 aliphatic carbocycles. The Morgan fingerprint density at radius 2 is 2.24 bits per heavy atom. The van der Waals surface area contributed by atoms with E-state index in [0.29, 0.717) is 5.69 Å². The zero-order valence-electron chi connectivity index (χ0n) is 10.2. The predicted molar refractivity (Wildman–Crippen MR) is 68.4 cm³/mol. The molecule has 4 heteroatoms. The molecule has 0 saturated heterocycles. The minimum atomic E-state index is -0.390. The van der Waals surface area contributed by atoms with E-state index in [4.69, 9.17) is 0 Å². The Bertz CT molecular complexity index is 428. The van der Waals surface area contributed by atoms with Crippen LogP contribution in [0.4, 0.5) is 5.69 Å². The lowest BCUT2D eigenvalue weighted by Crippen LogP contribution is -2.35. The summed E-state index contributed by atoms with van der Waals surface area (Å²) in [7, 11) is 0. The highest BCUT2D eigenvalue weighted by Gasteiger charge is 2.25. The number of pyridine rings is 1. The van der Waals surface area contributed by atoms with Crippen LogP contribution in [0.25, 0.3) is 0 Å². The van der Waals surface area contributed by atoms with Crippen LogP contribution in [-0.2, 0) is 0 Å². The van der Waals surface area contributed by atoms with E-state index < -0.39 is 6.10 Å². The average molecular weight is 236 g/mol. The lowest BCUT2D eigenvalue weighted by molar-refractivity contribution is 0.0739. The summed E-state index contributed by atoms with van der Waals surface area (Å²) in [6.45, 7) is 2.69. The van der Waals surface area contributed by atoms with Gasteiger partial charge < -0.3 is 15.0 Å². The number of aliphatic hydroxyl groups is 1. The van der Waals surface area contributed by atoms with Crippen molar-refractivity contribution < 1.29 is 5.11 Å². The predicted octanol–water partition coefficient (Wildman–Crippen LogP) is 1.76. The van der Waals surface area contributed by atoms with Crippen LogP contribution in [0.15, 0.2) is 23.1 Å². The van der Waals surface area contributed by atoms with E-state index in [1.165, 1.54) is 0 Å². The maximum absolute atomic E-state index is 12.2. The number of anilines is 1. The highest BCUT2D eigenvalue weighted by Crippen LogP contribution is 2.27. The molecule has 2 rings (SSSR count). The van der Waals surface area contributed by atoms with Crippen molar-refractivity contribution in [2.24, 2.45) is 0 Å². The van der Waals surface area contributed by atoms with Crippen molar-refractivity contribution in [3.05, 3.63) is 28.7 Å². The summed E-state index contributed by atoms with van der Waals surface area (Å²) in [5, 5.41) is 13.0. The second kappa shape index (κ2) is 5.36. The Hall–Kier alpha value is -1.29. The van der Waals surface area contributed by atoms with Crippen LogP contribution in [-0.4, -0.2) is 22.3 Å². The van der Waals surface area contributed by atoms with Gasteiger partial charge in [-0.25, -0.2) is 0 Å². The first kappa shape index (κ1) is 12.2. The molecule has 0 amide bonds. The molecule has 0 unspecified atom stereocenters. The molecule has 0 bridgehead atoms. The lowest BCUT2D eigenvalue weighted by atomic mass is 9.92. The highest BCUT2D eigenvalue weighted by molar-refractivity contribution is 5.40. The van der Waals surface area contributed by atoms with Gasteiger partial charge in [0.25, 0.3) is 5.56 Å². The van der Waals surface area contributed by atoms with Gasteiger partial charge in [0, 0.05) is 12.7 Å². The van der Waals surface area contributed by atoms with Crippen LogP contribution >= 0.6 is 0 Å². The molecule has 1 saturated carbocycles. The monoisotopic (exact) mass is 236 g/mol. The fourth-order valence-electron chi connectivity index (χ4n) is 2.51. The van der Waals surface area contributed by atoms with Crippen LogP contribution in [0.2, 0.25) is 0 Å². The van der Waals surface area contributed by atoms with E-state index in [2.05, 4.69) is 5.32 Å². The van der Waals surface area contributed by atoms with Crippen molar-refractivity contribution in [3.8, 4) is 0 Å². The molecule has 0 aromatic carbocycles. The fraction of sp³-hybridized carbons (Fsp3) is 0.615. The van der Waals surface area contributed by atoms with Gasteiger partial charge in [-0.2, -0.15) is 0 Å². The first-order chi connectivity index (χ1) is 8.24. The summed E-state index contributed by atoms with van der Waals surface area (Å²) in [6.07, 6.45) is 5.21. The van der Waals surface area contributed by atoms with Crippen molar-refractivity contribution in [1.29, 1.82) is 0 Å². The summed E-state index contributed by atoms with van der Waals surface area (Å²) >= 11 is 0. The van der Waals surface area contributed by atoms with Gasteiger partial charge in [0.15, 0.2) is 0 Å². The number of hydrogen-bond acceptors (Lipinski definition) is 3. The summed E-state index contributed by atoms with van der Waals surface area (Å²) in [5.74, 6) is 0. The fourth-order valence-corrected chi connectivity index (χ4v) is 2.51. The van der Waals surface area contributed by atoms with Gasteiger partial charge >= 0.3 is 0 Å². The SMILES string of the molecule is CCNc1cccn([C@@H]2CCCC[C@@H]2O)c1=O. The molecule has 2 N–H and O–H groups in total. The van der Waals surface area contributed by atoms with Crippen molar-refractivity contribution in [3.63, 3.8) is 0 Å². The first-order valence-corrected chi connectivity index (χ1v) is 6.37. The summed E-state index contributed by atoms with van der Waals surface area (Å²) in [6, 6.07) is 3.59. The average Bonchev–Trinajstić information content (AvgIpc) is 2.33. The summed E-state index contributed by atoms with van der Waals surface area (Å²) < 4.78 is 1.68. The van der Waals surface area contributed by atoms with Gasteiger partial charge in [0.1, 0.15) is 5.69 Å². The Balaban J connectivity index is 2.31. The van der Waals surface area contributed by atoms with Gasteiger partial charge in [0.2, 0.25) is 0 Å². The Morgan fingerprint density at radius 1 is 1.47 bits per heavy atom. The van der Waals surface area contributed by atoms with Gasteiger partial charge in [0.05, 0.1) is 12.1 Å². The molecule has 17 heavy (non-hydrogen) atoms. The standard InChI is InChI=1S/C13H20N2O2/c1-2-14-10-6-5-9-15(13(10)17)11-7-3-4-8-12(11)16/h5-6,9,11-12,14,16H,2-4,7-8H2,1H3/t11-,12+/m1/s1. The Labute approximate surface area is 101 Å². The third kappa shape index (κ3) is 2.52. The first-order valence-electron chi connectivity index (χ1n) is 6.37. The number of aliphatic hydroxyl groups excluding tert-OH is 1. The van der Waals surface area contributed by atoms with Gasteiger partial charge in [-0.3, -0.25) is 4.79 Å². The molecular weight excluding hydrogens is 216 g/mol. The lowest BCUT2D eigenvalue weighted by Gasteiger charge is -2.29. The molecule has 2 atom stereocenters. The normalized spacial score (nSPS) is 24.6. The maximum Gasteiger partial charge on any atom is 0.274 e. The van der Waals surface area contributed by atoms with E-state index in [1.54, 1.807) is 16.8 Å². The van der Waals surface area contributed by atoms with Gasteiger partial charge in [-0.05, 0) is 31.9 Å². The summed E-state index contributed by atoms with van der Waals surface area (Å²) in [4.78, 5) is 12.2. The number of aromatic nitrogens is 1. The summed E-state index contributed by atoms with van der Waals surface area (Å²) in [5.41, 5.74) is 0.591. The second-order valence-corrected chi connectivity index (χ2v) is 4.58. The molecule has 0 aliphatic heterocycles. The quantitative estimate of drug-likeness (QED) is 0.840. The van der Waals surface area contributed by atoms with Crippen molar-refractivity contribution in [2.45, 2.75) is 44.8 Å². The van der Waals surface area contributed by atoms with Crippen molar-refractivity contribution >= 4 is 5.69 Å². The topological polar surface area (TPSA) is 54.3 Å². The molecule has 1 aromatic heterocycles. The Kier molecular flexibility index (Phi) is 3.84. The smallest absolute Gasteiger partial charge is 0.274 e. The van der Waals surface area contributed by atoms with E-state index in [1.807, 2.05) is 13.0 Å². The molecule has 1 fully saturated rings. The van der Waals surface area contributed by atoms with Crippen LogP contribution in [0.5, 0.6) is 0 Å². The van der Waals surface area contributed by atoms with Gasteiger partial charge in [-0.1, -0.05) is 12.8 Å². The Morgan fingerprint density at radius 3 is 2.94 bits per heavy atom. The largest absolute Gasteiger partial charge is 0.391 e. The van der Waals surface area contributed by atoms with Crippen molar-refractivity contribution in [2.75, 3.05) is 11.9 Å². The number of nitrogens with zero attached hydrogens (tertiary/aromatic N) is 1. The highest BCUT2D eigenvalue weighted by atomic mass is 16.3. The molecule has 4 nitrogen and oxygen atoms in total. The van der Waals surface area contributed by atoms with Crippen LogP contribution in [0.1, 0.15) is 38.6 Å². The number of rotatable bonds is 3. The third-order valence-electron chi connectivity index (χ3n) is 3.39.